The first-order chi connectivity index (χ1) is 9.83. The van der Waals surface area contributed by atoms with Crippen molar-refractivity contribution < 1.29 is 4.42 Å². The van der Waals surface area contributed by atoms with Gasteiger partial charge in [-0.3, -0.25) is 0 Å². The molecule has 0 atom stereocenters. The lowest BCUT2D eigenvalue weighted by Crippen LogP contribution is -1.94. The van der Waals surface area contributed by atoms with Crippen LogP contribution in [-0.4, -0.2) is 11.2 Å². The second-order valence-corrected chi connectivity index (χ2v) is 5.80. The van der Waals surface area contributed by atoms with Gasteiger partial charge in [-0.15, -0.1) is 23.1 Å². The summed E-state index contributed by atoms with van der Waals surface area (Å²) in [5.41, 5.74) is 2.04. The molecular weight excluding hydrogens is 288 g/mol. The maximum Gasteiger partial charge on any atom is 0.153 e. The highest BCUT2D eigenvalue weighted by molar-refractivity contribution is 7.98. The van der Waals surface area contributed by atoms with E-state index in [0.717, 1.165) is 15.5 Å². The van der Waals surface area contributed by atoms with Crippen molar-refractivity contribution in [1.82, 2.24) is 4.98 Å². The first-order valence-electron chi connectivity index (χ1n) is 5.90. The smallest absolute Gasteiger partial charge is 0.153 e. The van der Waals surface area contributed by atoms with E-state index in [9.17, 15) is 5.26 Å². The molecule has 0 aromatic carbocycles. The molecule has 0 fully saturated rings. The largest absolute Gasteiger partial charge is 0.463 e. The quantitative estimate of drug-likeness (QED) is 0.660. The lowest BCUT2D eigenvalue weighted by Gasteiger charge is -2.08. The van der Waals surface area contributed by atoms with Crippen molar-refractivity contribution in [2.75, 3.05) is 6.26 Å². The summed E-state index contributed by atoms with van der Waals surface area (Å²) in [6.07, 6.45) is 3.55. The summed E-state index contributed by atoms with van der Waals surface area (Å²) in [4.78, 5) is 6.61. The van der Waals surface area contributed by atoms with Crippen LogP contribution in [0.3, 0.4) is 0 Å². The molecule has 5 heteroatoms. The molecule has 0 aliphatic rings. The van der Waals surface area contributed by atoms with Crippen molar-refractivity contribution in [3.63, 3.8) is 0 Å². The van der Waals surface area contributed by atoms with Crippen molar-refractivity contribution in [3.05, 3.63) is 47.5 Å². The molecule has 0 amide bonds. The van der Waals surface area contributed by atoms with E-state index in [0.29, 0.717) is 17.0 Å². The van der Waals surface area contributed by atoms with Crippen molar-refractivity contribution in [2.24, 2.45) is 0 Å². The number of aromatic nitrogens is 1. The molecule has 0 N–H and O–H groups in total. The first kappa shape index (κ1) is 13.0. The number of thioether (sulfide) groups is 1. The number of hydrogen-bond acceptors (Lipinski definition) is 5. The van der Waals surface area contributed by atoms with Gasteiger partial charge in [-0.25, -0.2) is 4.98 Å². The van der Waals surface area contributed by atoms with Gasteiger partial charge in [-0.2, -0.15) is 5.26 Å². The van der Waals surface area contributed by atoms with Gasteiger partial charge < -0.3 is 4.42 Å². The van der Waals surface area contributed by atoms with Crippen LogP contribution >= 0.6 is 23.1 Å². The van der Waals surface area contributed by atoms with E-state index in [1.165, 1.54) is 0 Å². The van der Waals surface area contributed by atoms with Crippen LogP contribution in [0.25, 0.3) is 22.0 Å². The van der Waals surface area contributed by atoms with Crippen molar-refractivity contribution in [3.8, 4) is 28.1 Å². The Hall–Kier alpha value is -2.03. The van der Waals surface area contributed by atoms with Gasteiger partial charge in [0.2, 0.25) is 0 Å². The highest BCUT2D eigenvalue weighted by Crippen LogP contribution is 2.34. The molecule has 0 unspecified atom stereocenters. The third kappa shape index (κ3) is 2.24. The van der Waals surface area contributed by atoms with Crippen molar-refractivity contribution in [1.29, 1.82) is 5.26 Å². The van der Waals surface area contributed by atoms with Crippen LogP contribution in [0.5, 0.6) is 0 Å². The molecule has 3 heterocycles. The van der Waals surface area contributed by atoms with Crippen LogP contribution in [0, 0.1) is 11.3 Å². The monoisotopic (exact) mass is 298 g/mol. The van der Waals surface area contributed by atoms with E-state index < -0.39 is 0 Å². The minimum absolute atomic E-state index is 0.563. The Balaban J connectivity index is 2.26. The molecule has 20 heavy (non-hydrogen) atoms. The summed E-state index contributed by atoms with van der Waals surface area (Å²) < 4.78 is 5.41. The maximum absolute atomic E-state index is 9.41. The molecule has 0 saturated carbocycles. The Bertz CT molecular complexity index is 756. The zero-order valence-electron chi connectivity index (χ0n) is 10.7. The second kappa shape index (κ2) is 5.53. The molecule has 0 radical (unpaired) electrons. The fourth-order valence-corrected chi connectivity index (χ4v) is 3.19. The third-order valence-electron chi connectivity index (χ3n) is 2.84. The molecule has 0 bridgehead atoms. The van der Waals surface area contributed by atoms with Gasteiger partial charge >= 0.3 is 0 Å². The number of nitrogens with zero attached hydrogens (tertiary/aromatic N) is 2. The summed E-state index contributed by atoms with van der Waals surface area (Å²) in [7, 11) is 0. The van der Waals surface area contributed by atoms with Crippen molar-refractivity contribution in [2.45, 2.75) is 4.90 Å². The van der Waals surface area contributed by atoms with Gasteiger partial charge in [-0.05, 0) is 35.9 Å². The fourth-order valence-electron chi connectivity index (χ4n) is 1.93. The highest BCUT2D eigenvalue weighted by Gasteiger charge is 2.16. The van der Waals surface area contributed by atoms with E-state index >= 15 is 0 Å². The zero-order valence-corrected chi connectivity index (χ0v) is 12.3. The SMILES string of the molecule is CSc1cc(-c2cccs2)nc(-c2ccco2)c1C#N. The molecule has 0 saturated heterocycles. The average Bonchev–Trinajstić information content (AvgIpc) is 3.18. The Morgan fingerprint density at radius 1 is 1.35 bits per heavy atom. The number of rotatable bonds is 3. The van der Waals surface area contributed by atoms with Gasteiger partial charge in [0.25, 0.3) is 0 Å². The highest BCUT2D eigenvalue weighted by atomic mass is 32.2. The Morgan fingerprint density at radius 3 is 2.85 bits per heavy atom. The molecular formula is C15H10N2OS2. The third-order valence-corrected chi connectivity index (χ3v) is 4.50. The summed E-state index contributed by atoms with van der Waals surface area (Å²) in [5.74, 6) is 0.621. The fraction of sp³-hybridized carbons (Fsp3) is 0.0667. The number of thiophene rings is 1. The lowest BCUT2D eigenvalue weighted by atomic mass is 10.1. The maximum atomic E-state index is 9.41. The normalized spacial score (nSPS) is 10.4. The van der Waals surface area contributed by atoms with Crippen LogP contribution in [0.1, 0.15) is 5.56 Å². The van der Waals surface area contributed by atoms with E-state index in [2.05, 4.69) is 11.1 Å². The molecule has 0 aliphatic heterocycles. The van der Waals surface area contributed by atoms with E-state index in [1.807, 2.05) is 35.9 Å². The Morgan fingerprint density at radius 2 is 2.25 bits per heavy atom. The van der Waals surface area contributed by atoms with Gasteiger partial charge in [0.1, 0.15) is 11.8 Å². The summed E-state index contributed by atoms with van der Waals surface area (Å²) in [5, 5.41) is 11.4. The van der Waals surface area contributed by atoms with Crippen LogP contribution in [0.4, 0.5) is 0 Å². The van der Waals surface area contributed by atoms with E-state index in [4.69, 9.17) is 4.42 Å². The number of hydrogen-bond donors (Lipinski definition) is 0. The molecule has 3 aromatic heterocycles. The van der Waals surface area contributed by atoms with Gasteiger partial charge in [-0.1, -0.05) is 6.07 Å². The molecule has 0 spiro atoms. The van der Waals surface area contributed by atoms with Crippen LogP contribution in [0.2, 0.25) is 0 Å². The minimum Gasteiger partial charge on any atom is -0.463 e. The molecule has 3 aromatic rings. The van der Waals surface area contributed by atoms with Crippen LogP contribution in [-0.2, 0) is 0 Å². The van der Waals surface area contributed by atoms with E-state index in [-0.39, 0.29) is 0 Å². The standard InChI is InChI=1S/C15H10N2OS2/c1-19-14-8-11(13-5-3-7-20-13)17-15(10(14)9-16)12-4-2-6-18-12/h2-8H,1H3. The van der Waals surface area contributed by atoms with Gasteiger partial charge in [0.15, 0.2) is 5.76 Å². The predicted molar refractivity (Wildman–Crippen MR) is 81.7 cm³/mol. The minimum atomic E-state index is 0.563. The molecule has 0 aliphatic carbocycles. The summed E-state index contributed by atoms with van der Waals surface area (Å²) in [6.45, 7) is 0. The van der Waals surface area contributed by atoms with E-state index in [1.54, 1.807) is 35.4 Å². The number of furan rings is 1. The topological polar surface area (TPSA) is 49.8 Å². The van der Waals surface area contributed by atoms with Gasteiger partial charge in [0, 0.05) is 4.90 Å². The second-order valence-electron chi connectivity index (χ2n) is 4.00. The Kier molecular flexibility index (Phi) is 3.59. The van der Waals surface area contributed by atoms with Crippen molar-refractivity contribution >= 4 is 23.1 Å². The van der Waals surface area contributed by atoms with Gasteiger partial charge in [0.05, 0.1) is 22.4 Å². The number of nitriles is 1. The molecule has 98 valence electrons. The first-order valence-corrected chi connectivity index (χ1v) is 8.01. The molecule has 3 rings (SSSR count). The van der Waals surface area contributed by atoms with Crippen LogP contribution in [0.15, 0.2) is 51.3 Å². The Labute approximate surface area is 124 Å². The lowest BCUT2D eigenvalue weighted by molar-refractivity contribution is 0.579. The molecule has 3 nitrogen and oxygen atoms in total. The average molecular weight is 298 g/mol. The predicted octanol–water partition coefficient (Wildman–Crippen LogP) is 4.66. The van der Waals surface area contributed by atoms with Crippen LogP contribution < -0.4 is 0 Å². The number of pyridine rings is 1. The zero-order chi connectivity index (χ0) is 13.9. The summed E-state index contributed by atoms with van der Waals surface area (Å²) in [6, 6.07) is 11.8. The summed E-state index contributed by atoms with van der Waals surface area (Å²) >= 11 is 3.17.